The van der Waals surface area contributed by atoms with Gasteiger partial charge in [-0.1, -0.05) is 40.7 Å². The Morgan fingerprint density at radius 1 is 1.31 bits per heavy atom. The van der Waals surface area contributed by atoms with Crippen molar-refractivity contribution in [3.63, 3.8) is 0 Å². The molecule has 0 saturated heterocycles. The van der Waals surface area contributed by atoms with E-state index >= 15 is 0 Å². The second kappa shape index (κ2) is 7.74. The summed E-state index contributed by atoms with van der Waals surface area (Å²) in [5, 5.41) is 9.05. The summed E-state index contributed by atoms with van der Waals surface area (Å²) in [6, 6.07) is 0. The Morgan fingerprint density at radius 2 is 1.96 bits per heavy atom. The van der Waals surface area contributed by atoms with E-state index in [1.54, 1.807) is 0 Å². The second-order valence-electron chi connectivity index (χ2n) is 9.64. The minimum absolute atomic E-state index is 0.146. The third-order valence-corrected chi connectivity index (χ3v) is 7.16. The van der Waals surface area contributed by atoms with Crippen LogP contribution in [0, 0.1) is 28.6 Å². The highest BCUT2D eigenvalue weighted by Crippen LogP contribution is 2.62. The number of hydrogen-bond donors (Lipinski definition) is 1. The van der Waals surface area contributed by atoms with Crippen LogP contribution in [0.1, 0.15) is 79.6 Å². The standard InChI is InChI=1S/C22H36O4/c1-14(12-20(24)25)8-9-17-15(2)18(26-16(3)23)13-19-21(4,5)10-7-11-22(17,19)6/h14,17-19H,2,7-13H2,1,3-6H3,(H,24,25)/t14-,17+,18-,19+,22-/m1/s1. The first kappa shape index (κ1) is 21.0. The van der Waals surface area contributed by atoms with Gasteiger partial charge in [-0.05, 0) is 66.3 Å². The van der Waals surface area contributed by atoms with Gasteiger partial charge >= 0.3 is 11.9 Å². The molecular weight excluding hydrogens is 328 g/mol. The molecule has 0 amide bonds. The van der Waals surface area contributed by atoms with Gasteiger partial charge in [0, 0.05) is 13.3 Å². The SMILES string of the molecule is C=C1[C@H](OC(C)=O)C[C@H]2C(C)(C)CCC[C@]2(C)[C@H]1CC[C@@H](C)CC(=O)O. The normalized spacial score (nSPS) is 34.7. The summed E-state index contributed by atoms with van der Waals surface area (Å²) < 4.78 is 5.66. The number of carbonyl (C=O) groups is 2. The van der Waals surface area contributed by atoms with Crippen molar-refractivity contribution in [3.05, 3.63) is 12.2 Å². The average Bonchev–Trinajstić information content (AvgIpc) is 2.47. The highest BCUT2D eigenvalue weighted by Gasteiger charge is 2.55. The van der Waals surface area contributed by atoms with Crippen LogP contribution in [-0.4, -0.2) is 23.1 Å². The van der Waals surface area contributed by atoms with E-state index in [1.807, 2.05) is 6.92 Å². The smallest absolute Gasteiger partial charge is 0.303 e. The van der Waals surface area contributed by atoms with Crippen LogP contribution in [0.2, 0.25) is 0 Å². The van der Waals surface area contributed by atoms with Gasteiger partial charge in [0.2, 0.25) is 0 Å². The van der Waals surface area contributed by atoms with E-state index in [0.29, 0.717) is 5.92 Å². The van der Waals surface area contributed by atoms with Crippen molar-refractivity contribution in [3.8, 4) is 0 Å². The molecule has 0 aromatic heterocycles. The molecule has 0 aliphatic heterocycles. The van der Waals surface area contributed by atoms with E-state index in [0.717, 1.165) is 24.8 Å². The predicted molar refractivity (Wildman–Crippen MR) is 103 cm³/mol. The van der Waals surface area contributed by atoms with Gasteiger partial charge in [0.1, 0.15) is 6.10 Å². The lowest BCUT2D eigenvalue weighted by molar-refractivity contribution is -0.153. The zero-order chi connectivity index (χ0) is 19.7. The number of ether oxygens (including phenoxy) is 1. The highest BCUT2D eigenvalue weighted by molar-refractivity contribution is 5.67. The lowest BCUT2D eigenvalue weighted by Gasteiger charge is -2.59. The number of hydrogen-bond acceptors (Lipinski definition) is 3. The van der Waals surface area contributed by atoms with E-state index in [1.165, 1.54) is 26.2 Å². The Morgan fingerprint density at radius 3 is 2.54 bits per heavy atom. The zero-order valence-electron chi connectivity index (χ0n) is 17.1. The lowest BCUT2D eigenvalue weighted by atomic mass is 9.46. The first-order chi connectivity index (χ1) is 12.0. The van der Waals surface area contributed by atoms with Crippen LogP contribution in [0.3, 0.4) is 0 Å². The Hall–Kier alpha value is -1.32. The molecule has 26 heavy (non-hydrogen) atoms. The predicted octanol–water partition coefficient (Wildman–Crippen LogP) is 5.22. The van der Waals surface area contributed by atoms with Crippen molar-refractivity contribution in [2.45, 2.75) is 85.7 Å². The zero-order valence-corrected chi connectivity index (χ0v) is 17.1. The molecule has 0 aromatic rings. The molecule has 148 valence electrons. The monoisotopic (exact) mass is 364 g/mol. The molecule has 0 spiro atoms. The van der Waals surface area contributed by atoms with Crippen LogP contribution >= 0.6 is 0 Å². The number of carboxylic acids is 1. The first-order valence-electron chi connectivity index (χ1n) is 10.0. The summed E-state index contributed by atoms with van der Waals surface area (Å²) in [5.74, 6) is -0.0696. The fourth-order valence-corrected chi connectivity index (χ4v) is 5.88. The van der Waals surface area contributed by atoms with E-state index < -0.39 is 5.97 Å². The molecule has 2 aliphatic carbocycles. The Kier molecular flexibility index (Phi) is 6.24. The number of esters is 1. The molecule has 1 N–H and O–H groups in total. The fraction of sp³-hybridized carbons (Fsp3) is 0.818. The average molecular weight is 365 g/mol. The quantitative estimate of drug-likeness (QED) is 0.518. The Balaban J connectivity index is 2.26. The van der Waals surface area contributed by atoms with Crippen molar-refractivity contribution in [2.75, 3.05) is 0 Å². The van der Waals surface area contributed by atoms with Crippen LogP contribution in [0.15, 0.2) is 12.2 Å². The van der Waals surface area contributed by atoms with Gasteiger partial charge in [-0.25, -0.2) is 0 Å². The van der Waals surface area contributed by atoms with E-state index in [9.17, 15) is 9.59 Å². The number of fused-ring (bicyclic) bond motifs is 1. The summed E-state index contributed by atoms with van der Waals surface area (Å²) in [4.78, 5) is 22.6. The van der Waals surface area contributed by atoms with E-state index in [2.05, 4.69) is 27.4 Å². The van der Waals surface area contributed by atoms with Crippen LogP contribution < -0.4 is 0 Å². The number of carboxylic acid groups (broad SMARTS) is 1. The number of rotatable bonds is 6. The Bertz CT molecular complexity index is 564. The molecule has 2 fully saturated rings. The van der Waals surface area contributed by atoms with Crippen LogP contribution in [-0.2, 0) is 14.3 Å². The summed E-state index contributed by atoms with van der Waals surface area (Å²) in [5.41, 5.74) is 1.41. The maximum Gasteiger partial charge on any atom is 0.303 e. The summed E-state index contributed by atoms with van der Waals surface area (Å²) >= 11 is 0. The largest absolute Gasteiger partial charge is 0.481 e. The van der Waals surface area contributed by atoms with Crippen molar-refractivity contribution < 1.29 is 19.4 Å². The van der Waals surface area contributed by atoms with E-state index in [4.69, 9.17) is 9.84 Å². The third kappa shape index (κ3) is 4.32. The van der Waals surface area contributed by atoms with Crippen molar-refractivity contribution in [1.82, 2.24) is 0 Å². The molecule has 4 nitrogen and oxygen atoms in total. The van der Waals surface area contributed by atoms with E-state index in [-0.39, 0.29) is 41.2 Å². The molecule has 0 heterocycles. The first-order valence-corrected chi connectivity index (χ1v) is 10.0. The molecule has 0 unspecified atom stereocenters. The molecule has 4 heteroatoms. The van der Waals surface area contributed by atoms with Crippen LogP contribution in [0.5, 0.6) is 0 Å². The summed E-state index contributed by atoms with van der Waals surface area (Å²) in [6.07, 6.45) is 6.25. The fourth-order valence-electron chi connectivity index (χ4n) is 5.88. The minimum Gasteiger partial charge on any atom is -0.481 e. The number of carbonyl (C=O) groups excluding carboxylic acids is 1. The minimum atomic E-state index is -0.736. The molecule has 2 saturated carbocycles. The van der Waals surface area contributed by atoms with Crippen molar-refractivity contribution >= 4 is 11.9 Å². The van der Waals surface area contributed by atoms with Gasteiger partial charge in [-0.2, -0.15) is 0 Å². The molecule has 0 radical (unpaired) electrons. The maximum atomic E-state index is 11.6. The molecule has 2 rings (SSSR count). The van der Waals surface area contributed by atoms with Crippen molar-refractivity contribution in [1.29, 1.82) is 0 Å². The Labute approximate surface area is 158 Å². The topological polar surface area (TPSA) is 63.6 Å². The molecule has 0 aromatic carbocycles. The van der Waals surface area contributed by atoms with Gasteiger partial charge in [0.15, 0.2) is 0 Å². The number of aliphatic carboxylic acids is 1. The molecular formula is C22H36O4. The summed E-state index contributed by atoms with van der Waals surface area (Å²) in [6.45, 7) is 14.9. The molecule has 2 aliphatic rings. The third-order valence-electron chi connectivity index (χ3n) is 7.16. The molecule has 5 atom stereocenters. The summed E-state index contributed by atoms with van der Waals surface area (Å²) in [7, 11) is 0. The van der Waals surface area contributed by atoms with Gasteiger partial charge in [0.05, 0.1) is 0 Å². The highest BCUT2D eigenvalue weighted by atomic mass is 16.5. The van der Waals surface area contributed by atoms with Gasteiger partial charge in [-0.15, -0.1) is 0 Å². The van der Waals surface area contributed by atoms with Crippen LogP contribution in [0.25, 0.3) is 0 Å². The lowest BCUT2D eigenvalue weighted by Crippen LogP contribution is -2.53. The van der Waals surface area contributed by atoms with Crippen LogP contribution in [0.4, 0.5) is 0 Å². The van der Waals surface area contributed by atoms with Crippen molar-refractivity contribution in [2.24, 2.45) is 28.6 Å². The molecule has 0 bridgehead atoms. The van der Waals surface area contributed by atoms with Gasteiger partial charge in [-0.3, -0.25) is 9.59 Å². The van der Waals surface area contributed by atoms with Gasteiger partial charge < -0.3 is 9.84 Å². The second-order valence-corrected chi connectivity index (χ2v) is 9.64. The van der Waals surface area contributed by atoms with Gasteiger partial charge in [0.25, 0.3) is 0 Å². The maximum absolute atomic E-state index is 11.6.